The molecule has 3 N–H and O–H groups in total. The zero-order valence-corrected chi connectivity index (χ0v) is 12.0. The van der Waals surface area contributed by atoms with Crippen LogP contribution >= 0.6 is 0 Å². The summed E-state index contributed by atoms with van der Waals surface area (Å²) in [6, 6.07) is 4.82. The molecule has 20 heavy (non-hydrogen) atoms. The summed E-state index contributed by atoms with van der Waals surface area (Å²) in [5, 5.41) is 14.0. The molecule has 110 valence electrons. The molecule has 0 spiro atoms. The summed E-state index contributed by atoms with van der Waals surface area (Å²) in [7, 11) is 0. The van der Waals surface area contributed by atoms with Crippen LogP contribution in [-0.2, 0) is 0 Å². The lowest BCUT2D eigenvalue weighted by atomic mass is 9.81. The number of hydrogen-bond acceptors (Lipinski definition) is 4. The Morgan fingerprint density at radius 3 is 2.65 bits per heavy atom. The number of nitrogens with one attached hydrogen (secondary N) is 1. The normalized spacial score (nSPS) is 22.4. The number of nitro benzene ring substituents is 1. The molecule has 1 aromatic carbocycles. The standard InChI is InChI=1S/C15H23N3O2/c1-11-2-4-12(5-3-11)8-9-17-13-6-7-15(18(19)20)14(16)10-13/h6-7,10-12,17H,2-5,8-9,16H2,1H3. The zero-order chi connectivity index (χ0) is 14.5. The molecule has 0 aliphatic heterocycles. The second-order valence-corrected chi connectivity index (χ2v) is 5.87. The number of anilines is 2. The van der Waals surface area contributed by atoms with Crippen LogP contribution in [0, 0.1) is 22.0 Å². The molecule has 0 radical (unpaired) electrons. The van der Waals surface area contributed by atoms with Gasteiger partial charge in [0.1, 0.15) is 5.69 Å². The Morgan fingerprint density at radius 1 is 1.35 bits per heavy atom. The van der Waals surface area contributed by atoms with Gasteiger partial charge in [-0.2, -0.15) is 0 Å². The molecule has 0 atom stereocenters. The highest BCUT2D eigenvalue weighted by molar-refractivity contribution is 5.65. The quantitative estimate of drug-likeness (QED) is 0.487. The lowest BCUT2D eigenvalue weighted by Crippen LogP contribution is -2.15. The van der Waals surface area contributed by atoms with E-state index in [0.717, 1.165) is 30.5 Å². The van der Waals surface area contributed by atoms with Crippen LogP contribution in [0.2, 0.25) is 0 Å². The van der Waals surface area contributed by atoms with Crippen molar-refractivity contribution < 1.29 is 4.92 Å². The van der Waals surface area contributed by atoms with Gasteiger partial charge in [-0.3, -0.25) is 10.1 Å². The number of nitrogens with zero attached hydrogens (tertiary/aromatic N) is 1. The third kappa shape index (κ3) is 3.85. The summed E-state index contributed by atoms with van der Waals surface area (Å²) in [5.74, 6) is 1.70. The Morgan fingerprint density at radius 2 is 2.05 bits per heavy atom. The van der Waals surface area contributed by atoms with Crippen LogP contribution in [0.3, 0.4) is 0 Å². The van der Waals surface area contributed by atoms with Gasteiger partial charge in [-0.15, -0.1) is 0 Å². The van der Waals surface area contributed by atoms with Gasteiger partial charge < -0.3 is 11.1 Å². The van der Waals surface area contributed by atoms with Gasteiger partial charge in [0.15, 0.2) is 0 Å². The molecular weight excluding hydrogens is 254 g/mol. The van der Waals surface area contributed by atoms with Gasteiger partial charge in [0.2, 0.25) is 0 Å². The average Bonchev–Trinajstić information content (AvgIpc) is 2.41. The summed E-state index contributed by atoms with van der Waals surface area (Å²) in [6.07, 6.45) is 6.49. The van der Waals surface area contributed by atoms with Gasteiger partial charge in [-0.25, -0.2) is 0 Å². The second kappa shape index (κ2) is 6.59. The van der Waals surface area contributed by atoms with Crippen molar-refractivity contribution in [1.29, 1.82) is 0 Å². The first-order valence-corrected chi connectivity index (χ1v) is 7.34. The number of hydrogen-bond donors (Lipinski definition) is 2. The molecule has 0 amide bonds. The maximum Gasteiger partial charge on any atom is 0.292 e. The minimum absolute atomic E-state index is 0.0307. The van der Waals surface area contributed by atoms with E-state index in [1.807, 2.05) is 0 Å². The van der Waals surface area contributed by atoms with Crippen LogP contribution in [0.25, 0.3) is 0 Å². The van der Waals surface area contributed by atoms with E-state index in [1.54, 1.807) is 12.1 Å². The molecule has 1 aliphatic carbocycles. The predicted octanol–water partition coefficient (Wildman–Crippen LogP) is 3.81. The summed E-state index contributed by atoms with van der Waals surface area (Å²) < 4.78 is 0. The molecule has 1 aliphatic rings. The highest BCUT2D eigenvalue weighted by Gasteiger charge is 2.17. The smallest absolute Gasteiger partial charge is 0.292 e. The highest BCUT2D eigenvalue weighted by atomic mass is 16.6. The van der Waals surface area contributed by atoms with Crippen molar-refractivity contribution >= 4 is 17.1 Å². The van der Waals surface area contributed by atoms with Gasteiger partial charge >= 0.3 is 0 Å². The monoisotopic (exact) mass is 277 g/mol. The average molecular weight is 277 g/mol. The van der Waals surface area contributed by atoms with E-state index in [-0.39, 0.29) is 11.4 Å². The molecule has 5 heteroatoms. The van der Waals surface area contributed by atoms with Crippen LogP contribution in [0.5, 0.6) is 0 Å². The van der Waals surface area contributed by atoms with E-state index in [0.29, 0.717) is 0 Å². The number of rotatable bonds is 5. The molecule has 0 heterocycles. The molecule has 2 rings (SSSR count). The van der Waals surface area contributed by atoms with E-state index in [1.165, 1.54) is 31.7 Å². The largest absolute Gasteiger partial charge is 0.393 e. The van der Waals surface area contributed by atoms with Crippen molar-refractivity contribution in [3.8, 4) is 0 Å². The van der Waals surface area contributed by atoms with Crippen LogP contribution < -0.4 is 11.1 Å². The summed E-state index contributed by atoms with van der Waals surface area (Å²) in [4.78, 5) is 10.2. The van der Waals surface area contributed by atoms with E-state index >= 15 is 0 Å². The molecule has 1 saturated carbocycles. The van der Waals surface area contributed by atoms with Crippen LogP contribution in [-0.4, -0.2) is 11.5 Å². The number of benzene rings is 1. The molecule has 0 unspecified atom stereocenters. The first-order chi connectivity index (χ1) is 9.56. The highest BCUT2D eigenvalue weighted by Crippen LogP contribution is 2.30. The molecule has 1 aromatic rings. The van der Waals surface area contributed by atoms with Crippen LogP contribution in [0.15, 0.2) is 18.2 Å². The maximum atomic E-state index is 10.7. The number of nitrogens with two attached hydrogens (primary N) is 1. The summed E-state index contributed by atoms with van der Waals surface area (Å²) >= 11 is 0. The first-order valence-electron chi connectivity index (χ1n) is 7.34. The van der Waals surface area contributed by atoms with Crippen molar-refractivity contribution in [3.63, 3.8) is 0 Å². The minimum atomic E-state index is -0.456. The number of nitro groups is 1. The summed E-state index contributed by atoms with van der Waals surface area (Å²) in [6.45, 7) is 3.23. The van der Waals surface area contributed by atoms with Gasteiger partial charge in [0, 0.05) is 18.3 Å². The van der Waals surface area contributed by atoms with Gasteiger partial charge in [0.25, 0.3) is 5.69 Å². The van der Waals surface area contributed by atoms with Crippen molar-refractivity contribution in [3.05, 3.63) is 28.3 Å². The lowest BCUT2D eigenvalue weighted by molar-refractivity contribution is -0.383. The Hall–Kier alpha value is -1.78. The van der Waals surface area contributed by atoms with Gasteiger partial charge in [-0.1, -0.05) is 32.6 Å². The molecule has 1 fully saturated rings. The zero-order valence-electron chi connectivity index (χ0n) is 12.0. The topological polar surface area (TPSA) is 81.2 Å². The third-order valence-electron chi connectivity index (χ3n) is 4.24. The second-order valence-electron chi connectivity index (χ2n) is 5.87. The van der Waals surface area contributed by atoms with Gasteiger partial charge in [0.05, 0.1) is 4.92 Å². The minimum Gasteiger partial charge on any atom is -0.393 e. The lowest BCUT2D eigenvalue weighted by Gasteiger charge is -2.26. The molecule has 0 aromatic heterocycles. The fourth-order valence-electron chi connectivity index (χ4n) is 2.87. The third-order valence-corrected chi connectivity index (χ3v) is 4.24. The molecular formula is C15H23N3O2. The van der Waals surface area contributed by atoms with Crippen molar-refractivity contribution in [2.45, 2.75) is 39.0 Å². The van der Waals surface area contributed by atoms with Crippen molar-refractivity contribution in [1.82, 2.24) is 0 Å². The van der Waals surface area contributed by atoms with E-state index < -0.39 is 4.92 Å². The van der Waals surface area contributed by atoms with E-state index in [4.69, 9.17) is 5.73 Å². The van der Waals surface area contributed by atoms with E-state index in [2.05, 4.69) is 12.2 Å². The predicted molar refractivity (Wildman–Crippen MR) is 81.7 cm³/mol. The van der Waals surface area contributed by atoms with Crippen LogP contribution in [0.1, 0.15) is 39.0 Å². The Bertz CT molecular complexity index is 468. The molecule has 5 nitrogen and oxygen atoms in total. The van der Waals surface area contributed by atoms with Crippen molar-refractivity contribution in [2.24, 2.45) is 11.8 Å². The Labute approximate surface area is 119 Å². The summed E-state index contributed by atoms with van der Waals surface area (Å²) in [5.41, 5.74) is 6.71. The fourth-order valence-corrected chi connectivity index (χ4v) is 2.87. The van der Waals surface area contributed by atoms with Crippen LogP contribution in [0.4, 0.5) is 17.1 Å². The molecule has 0 bridgehead atoms. The SMILES string of the molecule is CC1CCC(CCNc2ccc([N+](=O)[O-])c(N)c2)CC1. The molecule has 0 saturated heterocycles. The van der Waals surface area contributed by atoms with Crippen molar-refractivity contribution in [2.75, 3.05) is 17.6 Å². The first kappa shape index (κ1) is 14.6. The van der Waals surface area contributed by atoms with E-state index in [9.17, 15) is 10.1 Å². The Kier molecular flexibility index (Phi) is 4.82. The maximum absolute atomic E-state index is 10.7. The fraction of sp³-hybridized carbons (Fsp3) is 0.600. The van der Waals surface area contributed by atoms with Gasteiger partial charge in [-0.05, 0) is 30.4 Å². The Balaban J connectivity index is 1.79. The number of nitrogen functional groups attached to an aromatic ring is 1.